The molecule has 0 aliphatic carbocycles. The molecule has 8 nitrogen and oxygen atoms in total. The largest absolute Gasteiger partial charge is 0.321 e. The van der Waals surface area contributed by atoms with Crippen LogP contribution in [0.3, 0.4) is 0 Å². The van der Waals surface area contributed by atoms with Gasteiger partial charge in [0.05, 0.1) is 12.0 Å². The van der Waals surface area contributed by atoms with Crippen molar-refractivity contribution < 1.29 is 4.79 Å². The van der Waals surface area contributed by atoms with Crippen LogP contribution in [0.2, 0.25) is 0 Å². The van der Waals surface area contributed by atoms with Crippen LogP contribution < -0.4 is 10.6 Å². The van der Waals surface area contributed by atoms with E-state index in [-0.39, 0.29) is 12.1 Å². The number of nitrogens with zero attached hydrogens (tertiary/aromatic N) is 5. The highest BCUT2D eigenvalue weighted by Crippen LogP contribution is 2.28. The molecule has 0 fully saturated rings. The van der Waals surface area contributed by atoms with Crippen LogP contribution >= 0.6 is 11.8 Å². The summed E-state index contributed by atoms with van der Waals surface area (Å²) >= 11 is 1.41. The summed E-state index contributed by atoms with van der Waals surface area (Å²) in [6, 6.07) is 9.26. The topological polar surface area (TPSA) is 93.8 Å². The molecule has 0 amide bonds. The van der Waals surface area contributed by atoms with Crippen molar-refractivity contribution in [3.63, 3.8) is 0 Å². The molecule has 0 saturated heterocycles. The molecule has 0 unspecified atom stereocenters. The average Bonchev–Trinajstić information content (AvgIpc) is 2.67. The highest BCUT2D eigenvalue weighted by molar-refractivity contribution is 8.03. The van der Waals surface area contributed by atoms with Crippen LogP contribution in [0.5, 0.6) is 0 Å². The second-order valence-corrected chi connectivity index (χ2v) is 6.44. The Labute approximate surface area is 156 Å². The number of thioether (sulfide) groups is 1. The van der Waals surface area contributed by atoms with E-state index in [9.17, 15) is 4.79 Å². The van der Waals surface area contributed by atoms with E-state index in [1.165, 1.54) is 11.8 Å². The summed E-state index contributed by atoms with van der Waals surface area (Å²) < 4.78 is 0. The smallest absolute Gasteiger partial charge is 0.256 e. The van der Waals surface area contributed by atoms with Crippen molar-refractivity contribution >= 4 is 29.5 Å². The van der Waals surface area contributed by atoms with Crippen LogP contribution in [-0.4, -0.2) is 47.7 Å². The highest BCUT2D eigenvalue weighted by atomic mass is 32.2. The number of guanidine groups is 2. The van der Waals surface area contributed by atoms with Gasteiger partial charge in [-0.25, -0.2) is 0 Å². The van der Waals surface area contributed by atoms with E-state index < -0.39 is 0 Å². The van der Waals surface area contributed by atoms with Crippen LogP contribution in [-0.2, 0) is 0 Å². The minimum atomic E-state index is -0.248. The molecular formula is C17H21N7OS. The molecule has 1 aromatic carbocycles. The van der Waals surface area contributed by atoms with E-state index >= 15 is 0 Å². The summed E-state index contributed by atoms with van der Waals surface area (Å²) in [5.74, 6) is 1.36. The maximum Gasteiger partial charge on any atom is 0.256 e. The number of rotatable bonds is 7. The quantitative estimate of drug-likeness (QED) is 0.718. The number of fused-ring (bicyclic) bond motifs is 1. The first-order valence-corrected chi connectivity index (χ1v) is 9.45. The Morgan fingerprint density at radius 1 is 1.35 bits per heavy atom. The van der Waals surface area contributed by atoms with Crippen molar-refractivity contribution in [1.82, 2.24) is 15.5 Å². The predicted octanol–water partition coefficient (Wildman–Crippen LogP) is 2.40. The second kappa shape index (κ2) is 8.72. The van der Waals surface area contributed by atoms with Gasteiger partial charge in [-0.1, -0.05) is 49.0 Å². The molecule has 2 heterocycles. The number of benzene rings is 1. The SMILES string of the molecule is CCN=C1N=C2N=NC=C(SCC(=O)c3ccccc3)N2[C@@H](NCC)N1. The predicted molar refractivity (Wildman–Crippen MR) is 104 cm³/mol. The van der Waals surface area contributed by atoms with Gasteiger partial charge < -0.3 is 5.32 Å². The van der Waals surface area contributed by atoms with Crippen LogP contribution in [0.4, 0.5) is 0 Å². The van der Waals surface area contributed by atoms with Crippen LogP contribution in [0.15, 0.2) is 61.8 Å². The first-order chi connectivity index (χ1) is 12.7. The monoisotopic (exact) mass is 371 g/mol. The third-order valence-electron chi connectivity index (χ3n) is 3.65. The van der Waals surface area contributed by atoms with Crippen LogP contribution in [0.25, 0.3) is 0 Å². The summed E-state index contributed by atoms with van der Waals surface area (Å²) in [6.45, 7) is 5.34. The molecule has 0 saturated carbocycles. The van der Waals surface area contributed by atoms with Crippen molar-refractivity contribution in [3.05, 3.63) is 47.1 Å². The fraction of sp³-hybridized carbons (Fsp3) is 0.353. The first kappa shape index (κ1) is 18.3. The average molecular weight is 371 g/mol. The lowest BCUT2D eigenvalue weighted by Gasteiger charge is -2.37. The normalized spacial score (nSPS) is 20.3. The van der Waals surface area contributed by atoms with Gasteiger partial charge in [-0.05, 0) is 13.5 Å². The Morgan fingerprint density at radius 3 is 2.88 bits per heavy atom. The molecule has 9 heteroatoms. The number of aliphatic imine (C=N–C) groups is 2. The number of hydrogen-bond acceptors (Lipinski definition) is 7. The van der Waals surface area contributed by atoms with Gasteiger partial charge in [0.15, 0.2) is 12.1 Å². The summed E-state index contributed by atoms with van der Waals surface area (Å²) in [6.07, 6.45) is 1.40. The first-order valence-electron chi connectivity index (χ1n) is 8.47. The van der Waals surface area contributed by atoms with E-state index in [1.54, 1.807) is 6.20 Å². The van der Waals surface area contributed by atoms with Gasteiger partial charge in [-0.2, -0.15) is 10.1 Å². The van der Waals surface area contributed by atoms with E-state index in [0.29, 0.717) is 29.8 Å². The zero-order chi connectivity index (χ0) is 18.4. The lowest BCUT2D eigenvalue weighted by atomic mass is 10.2. The zero-order valence-corrected chi connectivity index (χ0v) is 15.5. The molecule has 1 aromatic rings. The summed E-state index contributed by atoms with van der Waals surface area (Å²) in [5, 5.41) is 15.5. The van der Waals surface area contributed by atoms with Gasteiger partial charge >= 0.3 is 0 Å². The summed E-state index contributed by atoms with van der Waals surface area (Å²) in [5.41, 5.74) is 0.698. The van der Waals surface area contributed by atoms with Gasteiger partial charge in [0.2, 0.25) is 5.96 Å². The lowest BCUT2D eigenvalue weighted by molar-refractivity contribution is 0.102. The molecule has 26 heavy (non-hydrogen) atoms. The number of azo groups is 1. The van der Waals surface area contributed by atoms with Crippen LogP contribution in [0.1, 0.15) is 24.2 Å². The number of carbonyl (C=O) groups excluding carboxylic acids is 1. The van der Waals surface area contributed by atoms with Gasteiger partial charge in [0.1, 0.15) is 5.03 Å². The molecule has 0 aromatic heterocycles. The number of nitrogens with one attached hydrogen (secondary N) is 2. The minimum Gasteiger partial charge on any atom is -0.321 e. The minimum absolute atomic E-state index is 0.0655. The van der Waals surface area contributed by atoms with Crippen LogP contribution in [0, 0.1) is 0 Å². The van der Waals surface area contributed by atoms with E-state index in [1.807, 2.05) is 49.1 Å². The summed E-state index contributed by atoms with van der Waals surface area (Å²) in [7, 11) is 0. The van der Waals surface area contributed by atoms with E-state index in [0.717, 1.165) is 11.6 Å². The van der Waals surface area contributed by atoms with Crippen molar-refractivity contribution in [3.8, 4) is 0 Å². The van der Waals surface area contributed by atoms with Crippen molar-refractivity contribution in [1.29, 1.82) is 0 Å². The number of ketones is 1. The fourth-order valence-electron chi connectivity index (χ4n) is 2.49. The molecular weight excluding hydrogens is 350 g/mol. The Bertz CT molecular complexity index is 773. The number of carbonyl (C=O) groups is 1. The molecule has 2 N–H and O–H groups in total. The number of hydrogen-bond donors (Lipinski definition) is 2. The Kier molecular flexibility index (Phi) is 6.13. The lowest BCUT2D eigenvalue weighted by Crippen LogP contribution is -2.60. The maximum atomic E-state index is 12.4. The maximum absolute atomic E-state index is 12.4. The van der Waals surface area contributed by atoms with Gasteiger partial charge in [-0.15, -0.1) is 5.11 Å². The number of Topliss-reactive ketones (excluding diaryl/α,β-unsaturated/α-hetero) is 1. The molecule has 0 bridgehead atoms. The molecule has 3 rings (SSSR count). The molecule has 2 aliphatic rings. The van der Waals surface area contributed by atoms with Gasteiger partial charge in [0, 0.05) is 12.1 Å². The Morgan fingerprint density at radius 2 is 2.15 bits per heavy atom. The molecule has 0 radical (unpaired) electrons. The molecule has 136 valence electrons. The summed E-state index contributed by atoms with van der Waals surface area (Å²) in [4.78, 5) is 23.0. The fourth-order valence-corrected chi connectivity index (χ4v) is 3.39. The van der Waals surface area contributed by atoms with Crippen molar-refractivity contribution in [2.24, 2.45) is 20.2 Å². The Hall–Kier alpha value is -2.52. The van der Waals surface area contributed by atoms with Gasteiger partial charge in [-0.3, -0.25) is 20.0 Å². The van der Waals surface area contributed by atoms with Crippen molar-refractivity contribution in [2.45, 2.75) is 20.1 Å². The third-order valence-corrected chi connectivity index (χ3v) is 4.65. The second-order valence-electron chi connectivity index (χ2n) is 5.44. The third kappa shape index (κ3) is 4.17. The molecule has 1 atom stereocenters. The van der Waals surface area contributed by atoms with Gasteiger partial charge in [0.25, 0.3) is 5.96 Å². The van der Waals surface area contributed by atoms with E-state index in [2.05, 4.69) is 30.8 Å². The highest BCUT2D eigenvalue weighted by Gasteiger charge is 2.32. The molecule has 0 spiro atoms. The van der Waals surface area contributed by atoms with Crippen molar-refractivity contribution in [2.75, 3.05) is 18.8 Å². The Balaban J connectivity index is 1.76. The zero-order valence-electron chi connectivity index (χ0n) is 14.7. The van der Waals surface area contributed by atoms with E-state index in [4.69, 9.17) is 0 Å². The standard InChI is InChI=1S/C17H21N7OS/c1-3-18-15-21-16(19-4-2)24-14(10-20-23-17(24)22-15)26-11-13(25)12-8-6-5-7-9-12/h5-10,16,19H,3-4,11H2,1-2H3,(H,18,21)/t16-/m0/s1. The molecule has 2 aliphatic heterocycles.